The Morgan fingerprint density at radius 3 is 0.875 bits per heavy atom. The zero-order valence-corrected chi connectivity index (χ0v) is 15.1. The summed E-state index contributed by atoms with van der Waals surface area (Å²) in [5.41, 5.74) is 0. The minimum atomic E-state index is 0.0800. The molecule has 0 aromatic rings. The molecular weight excluding hydrogens is 691 g/mol. The highest BCUT2D eigenvalue weighted by Gasteiger charge is 2.39. The third kappa shape index (κ3) is 4.70. The highest BCUT2D eigenvalue weighted by molar-refractivity contribution is 14.2. The quantitative estimate of drug-likeness (QED) is 0.274. The molecular formula is C2Br2I4. The molecule has 0 saturated carbocycles. The van der Waals surface area contributed by atoms with Crippen molar-refractivity contribution in [2.24, 2.45) is 0 Å². The third-order valence-electron chi connectivity index (χ3n) is 0.321. The van der Waals surface area contributed by atoms with E-state index in [1.54, 1.807) is 0 Å². The van der Waals surface area contributed by atoms with E-state index in [1.165, 1.54) is 0 Å². The molecule has 0 atom stereocenters. The van der Waals surface area contributed by atoms with Gasteiger partial charge in [-0.25, -0.2) is 0 Å². The van der Waals surface area contributed by atoms with Crippen molar-refractivity contribution in [2.75, 3.05) is 0 Å². The standard InChI is InChI=1S/C2Br2I4/c3-1(5,6)2(4,7)8. The molecule has 0 unspecified atom stereocenters. The first kappa shape index (κ1) is 11.9. The molecule has 0 spiro atoms. The number of rotatable bonds is 1. The van der Waals surface area contributed by atoms with Gasteiger partial charge in [-0.15, -0.1) is 0 Å². The Labute approximate surface area is 120 Å². The molecule has 6 heteroatoms. The van der Waals surface area contributed by atoms with Gasteiger partial charge in [0.2, 0.25) is 0 Å². The topological polar surface area (TPSA) is 0 Å². The van der Waals surface area contributed by atoms with Gasteiger partial charge < -0.3 is 0 Å². The van der Waals surface area contributed by atoms with Crippen molar-refractivity contribution < 1.29 is 0 Å². The fourth-order valence-electron chi connectivity index (χ4n) is 0. The second-order valence-corrected chi connectivity index (χ2v) is 19.9. The SMILES string of the molecule is BrC(I)(I)C(Br)(I)I. The molecule has 0 bridgehead atoms. The maximum atomic E-state index is 3.51. The van der Waals surface area contributed by atoms with Gasteiger partial charge in [-0.2, -0.15) is 0 Å². The van der Waals surface area contributed by atoms with Crippen LogP contribution in [0, 0.1) is 0 Å². The Balaban J connectivity index is 4.02. The van der Waals surface area contributed by atoms with Gasteiger partial charge in [0.25, 0.3) is 0 Å². The van der Waals surface area contributed by atoms with Crippen molar-refractivity contribution in [1.29, 1.82) is 0 Å². The van der Waals surface area contributed by atoms with Gasteiger partial charge in [-0.3, -0.25) is 0 Å². The van der Waals surface area contributed by atoms with Crippen molar-refractivity contribution in [3.05, 3.63) is 0 Å². The molecule has 0 aromatic carbocycles. The first-order valence-corrected chi connectivity index (χ1v) is 7.28. The van der Waals surface area contributed by atoms with Gasteiger partial charge in [0, 0.05) is 0 Å². The highest BCUT2D eigenvalue weighted by Crippen LogP contribution is 2.57. The van der Waals surface area contributed by atoms with Crippen LogP contribution in [0.4, 0.5) is 0 Å². The van der Waals surface area contributed by atoms with E-state index in [2.05, 4.69) is 122 Å². The summed E-state index contributed by atoms with van der Waals surface area (Å²) in [5, 5.41) is 0. The van der Waals surface area contributed by atoms with Gasteiger partial charge in [0.05, 0.1) is 0 Å². The summed E-state index contributed by atoms with van der Waals surface area (Å²) < 4.78 is 0.160. The Hall–Kier alpha value is 3.88. The molecule has 8 heavy (non-hydrogen) atoms. The van der Waals surface area contributed by atoms with Crippen LogP contribution in [-0.2, 0) is 0 Å². The smallest absolute Gasteiger partial charge is 0.0586 e. The first-order valence-electron chi connectivity index (χ1n) is 1.38. The summed E-state index contributed by atoms with van der Waals surface area (Å²) in [4.78, 5) is 0. The van der Waals surface area contributed by atoms with Crippen LogP contribution >= 0.6 is 122 Å². The van der Waals surface area contributed by atoms with Gasteiger partial charge in [-0.05, 0) is 0 Å². The Kier molecular flexibility index (Phi) is 6.25. The largest absolute Gasteiger partial charge is 0.161 e. The van der Waals surface area contributed by atoms with Crippen molar-refractivity contribution in [3.8, 4) is 0 Å². The summed E-state index contributed by atoms with van der Waals surface area (Å²) in [5.74, 6) is 0. The lowest BCUT2D eigenvalue weighted by molar-refractivity contribution is 1.44. The molecule has 0 N–H and O–H groups in total. The summed E-state index contributed by atoms with van der Waals surface area (Å²) in [6, 6.07) is 0. The molecule has 0 aliphatic rings. The summed E-state index contributed by atoms with van der Waals surface area (Å²) in [6.07, 6.45) is 0. The molecule has 0 amide bonds. The average Bonchev–Trinajstić information content (AvgIpc) is 1.25. The monoisotopic (exact) mass is 689 g/mol. The fourth-order valence-corrected chi connectivity index (χ4v) is 0. The van der Waals surface area contributed by atoms with Crippen molar-refractivity contribution in [3.63, 3.8) is 0 Å². The zero-order chi connectivity index (χ0) is 7.00. The normalized spacial score (nSPS) is 14.2. The maximum Gasteiger partial charge on any atom is 0.161 e. The Bertz CT molecular complexity index is 67.0. The average molecular weight is 691 g/mol. The lowest BCUT2D eigenvalue weighted by Gasteiger charge is -2.22. The van der Waals surface area contributed by atoms with Crippen LogP contribution in [0.1, 0.15) is 0 Å². The predicted octanol–water partition coefficient (Wildman–Crippen LogP) is 4.82. The van der Waals surface area contributed by atoms with Crippen molar-refractivity contribution in [2.45, 2.75) is 0.675 Å². The van der Waals surface area contributed by atoms with E-state index in [0.29, 0.717) is 0 Å². The van der Waals surface area contributed by atoms with Gasteiger partial charge >= 0.3 is 0 Å². The van der Waals surface area contributed by atoms with Crippen LogP contribution in [0.15, 0.2) is 0 Å². The van der Waals surface area contributed by atoms with E-state index >= 15 is 0 Å². The number of hydrogen-bond acceptors (Lipinski definition) is 0. The van der Waals surface area contributed by atoms with E-state index in [-0.39, 0.29) is 0.675 Å². The first-order chi connectivity index (χ1) is 3.25. The molecule has 0 saturated heterocycles. The van der Waals surface area contributed by atoms with Gasteiger partial charge in [0.1, 0.15) is 0 Å². The van der Waals surface area contributed by atoms with E-state index in [0.717, 1.165) is 0 Å². The van der Waals surface area contributed by atoms with Crippen LogP contribution in [0.25, 0.3) is 0 Å². The molecule has 0 aliphatic heterocycles. The summed E-state index contributed by atoms with van der Waals surface area (Å²) in [7, 11) is 0. The minimum Gasteiger partial charge on any atom is -0.0586 e. The predicted molar refractivity (Wildman–Crippen MR) is 79.4 cm³/mol. The van der Waals surface area contributed by atoms with E-state index in [9.17, 15) is 0 Å². The molecule has 0 nitrogen and oxygen atoms in total. The van der Waals surface area contributed by atoms with Crippen LogP contribution in [0.2, 0.25) is 0 Å². The molecule has 0 rings (SSSR count). The summed E-state index contributed by atoms with van der Waals surface area (Å²) in [6.45, 7) is 0. The summed E-state index contributed by atoms with van der Waals surface area (Å²) >= 11 is 16.3. The molecule has 50 valence electrons. The second-order valence-electron chi connectivity index (χ2n) is 0.996. The van der Waals surface area contributed by atoms with Crippen LogP contribution in [0.3, 0.4) is 0 Å². The Morgan fingerprint density at radius 1 is 0.750 bits per heavy atom. The van der Waals surface area contributed by atoms with E-state index < -0.39 is 0 Å². The van der Waals surface area contributed by atoms with Crippen LogP contribution in [-0.4, -0.2) is 0.675 Å². The van der Waals surface area contributed by atoms with E-state index in [4.69, 9.17) is 0 Å². The van der Waals surface area contributed by atoms with Crippen molar-refractivity contribution >= 4 is 122 Å². The highest BCUT2D eigenvalue weighted by atomic mass is 127. The minimum absolute atomic E-state index is 0.0800. The van der Waals surface area contributed by atoms with E-state index in [1.807, 2.05) is 0 Å². The maximum absolute atomic E-state index is 3.51. The lowest BCUT2D eigenvalue weighted by Crippen LogP contribution is -2.18. The lowest BCUT2D eigenvalue weighted by atomic mass is 11.0. The third-order valence-corrected chi connectivity index (χ3v) is 12.4. The second kappa shape index (κ2) is 4.21. The Morgan fingerprint density at radius 2 is 0.875 bits per heavy atom. The number of halogens is 6. The molecule has 0 aliphatic carbocycles. The molecule has 0 aromatic heterocycles. The molecule has 0 radical (unpaired) electrons. The zero-order valence-electron chi connectivity index (χ0n) is 3.27. The van der Waals surface area contributed by atoms with Gasteiger partial charge in [0.15, 0.2) is 0.675 Å². The van der Waals surface area contributed by atoms with Crippen LogP contribution < -0.4 is 0 Å². The number of hydrogen-bond donors (Lipinski definition) is 0. The van der Waals surface area contributed by atoms with Crippen LogP contribution in [0.5, 0.6) is 0 Å². The fraction of sp³-hybridized carbons (Fsp3) is 1.00. The molecule has 0 fully saturated rings. The van der Waals surface area contributed by atoms with Gasteiger partial charge in [-0.1, -0.05) is 122 Å². The molecule has 0 heterocycles. The number of alkyl halides is 6. The van der Waals surface area contributed by atoms with Crippen molar-refractivity contribution in [1.82, 2.24) is 0 Å².